The van der Waals surface area contributed by atoms with Crippen molar-refractivity contribution in [3.63, 3.8) is 0 Å². The maximum atomic E-state index is 12.8. The quantitative estimate of drug-likeness (QED) is 0.604. The monoisotopic (exact) mass is 331 g/mol. The van der Waals surface area contributed by atoms with Gasteiger partial charge in [0.25, 0.3) is 5.91 Å². The van der Waals surface area contributed by atoms with Gasteiger partial charge in [-0.15, -0.1) is 0 Å². The molecule has 0 aliphatic rings. The van der Waals surface area contributed by atoms with E-state index in [0.717, 1.165) is 0 Å². The number of methoxy groups -OCH3 is 2. The van der Waals surface area contributed by atoms with Crippen LogP contribution in [0.2, 0.25) is 0 Å². The first-order chi connectivity index (χ1) is 11.6. The summed E-state index contributed by atoms with van der Waals surface area (Å²) in [5.41, 5.74) is 3.74. The Morgan fingerprint density at radius 2 is 1.92 bits per heavy atom. The minimum atomic E-state index is -0.331. The summed E-state index contributed by atoms with van der Waals surface area (Å²) in [7, 11) is 3.11. The highest BCUT2D eigenvalue weighted by atomic mass is 19.1. The number of carbonyl (C=O) groups is 1. The van der Waals surface area contributed by atoms with Gasteiger partial charge in [-0.2, -0.15) is 5.10 Å². The second-order valence-electron chi connectivity index (χ2n) is 4.76. The van der Waals surface area contributed by atoms with E-state index < -0.39 is 0 Å². The molecule has 0 aliphatic carbocycles. The number of hydrogen-bond acceptors (Lipinski definition) is 5. The third-order valence-electron chi connectivity index (χ3n) is 3.13. The lowest BCUT2D eigenvalue weighted by Crippen LogP contribution is -2.25. The Balaban J connectivity index is 1.86. The van der Waals surface area contributed by atoms with Gasteiger partial charge in [-0.25, -0.2) is 9.82 Å². The number of hydrazone groups is 1. The van der Waals surface area contributed by atoms with Crippen molar-refractivity contribution in [3.8, 4) is 11.5 Å². The molecular formula is C17H18FN3O3. The second-order valence-corrected chi connectivity index (χ2v) is 4.76. The molecule has 0 spiro atoms. The van der Waals surface area contributed by atoms with Gasteiger partial charge in [0, 0.05) is 17.3 Å². The molecule has 7 heteroatoms. The average molecular weight is 331 g/mol. The standard InChI is InChI=1S/C17H18FN3O3/c1-23-15-8-3-12(16(9-15)24-2)10-20-21-17(22)11-19-14-6-4-13(18)5-7-14/h3-10,19H,11H2,1-2H3,(H,21,22)/b20-10+. The van der Waals surface area contributed by atoms with Gasteiger partial charge in [-0.1, -0.05) is 0 Å². The maximum Gasteiger partial charge on any atom is 0.259 e. The summed E-state index contributed by atoms with van der Waals surface area (Å²) in [5.74, 6) is 0.583. The number of anilines is 1. The molecule has 2 aromatic rings. The third kappa shape index (κ3) is 4.98. The summed E-state index contributed by atoms with van der Waals surface area (Å²) in [4.78, 5) is 11.7. The van der Waals surface area contributed by atoms with E-state index in [1.807, 2.05) is 0 Å². The van der Waals surface area contributed by atoms with Crippen LogP contribution in [0.15, 0.2) is 47.6 Å². The predicted molar refractivity (Wildman–Crippen MR) is 90.2 cm³/mol. The number of amides is 1. The topological polar surface area (TPSA) is 72.0 Å². The largest absolute Gasteiger partial charge is 0.497 e. The van der Waals surface area contributed by atoms with Crippen molar-refractivity contribution in [2.24, 2.45) is 5.10 Å². The van der Waals surface area contributed by atoms with Crippen molar-refractivity contribution in [2.75, 3.05) is 26.1 Å². The molecule has 24 heavy (non-hydrogen) atoms. The molecule has 0 aliphatic heterocycles. The third-order valence-corrected chi connectivity index (χ3v) is 3.13. The summed E-state index contributed by atoms with van der Waals surface area (Å²) in [5, 5.41) is 6.75. The molecule has 2 rings (SSSR count). The minimum Gasteiger partial charge on any atom is -0.497 e. The van der Waals surface area contributed by atoms with Crippen molar-refractivity contribution >= 4 is 17.8 Å². The Kier molecular flexibility index (Phi) is 6.13. The van der Waals surface area contributed by atoms with E-state index in [9.17, 15) is 9.18 Å². The van der Waals surface area contributed by atoms with Gasteiger partial charge in [-0.05, 0) is 36.4 Å². The lowest BCUT2D eigenvalue weighted by molar-refractivity contribution is -0.119. The molecule has 0 saturated carbocycles. The van der Waals surface area contributed by atoms with Gasteiger partial charge in [-0.3, -0.25) is 4.79 Å². The molecule has 0 radical (unpaired) electrons. The lowest BCUT2D eigenvalue weighted by atomic mass is 10.2. The first kappa shape index (κ1) is 17.3. The molecular weight excluding hydrogens is 313 g/mol. The van der Waals surface area contributed by atoms with E-state index in [1.54, 1.807) is 37.4 Å². The average Bonchev–Trinajstić information content (AvgIpc) is 2.61. The molecule has 0 saturated heterocycles. The molecule has 0 heterocycles. The van der Waals surface area contributed by atoms with Gasteiger partial charge >= 0.3 is 0 Å². The fourth-order valence-corrected chi connectivity index (χ4v) is 1.89. The Morgan fingerprint density at radius 3 is 2.58 bits per heavy atom. The predicted octanol–water partition coefficient (Wildman–Crippen LogP) is 2.41. The molecule has 2 aromatic carbocycles. The summed E-state index contributed by atoms with van der Waals surface area (Å²) >= 11 is 0. The summed E-state index contributed by atoms with van der Waals surface area (Å²) < 4.78 is 23.1. The van der Waals surface area contributed by atoms with Crippen molar-refractivity contribution < 1.29 is 18.7 Å². The van der Waals surface area contributed by atoms with Crippen LogP contribution in [0.25, 0.3) is 0 Å². The highest BCUT2D eigenvalue weighted by Gasteiger charge is 2.03. The fraction of sp³-hybridized carbons (Fsp3) is 0.176. The van der Waals surface area contributed by atoms with Gasteiger partial charge in [0.05, 0.1) is 27.0 Å². The number of rotatable bonds is 7. The number of nitrogens with one attached hydrogen (secondary N) is 2. The molecule has 126 valence electrons. The SMILES string of the molecule is COc1ccc(/C=N/NC(=O)CNc2ccc(F)cc2)c(OC)c1. The van der Waals surface area contributed by atoms with Crippen molar-refractivity contribution in [3.05, 3.63) is 53.8 Å². The zero-order valence-electron chi connectivity index (χ0n) is 13.4. The first-order valence-electron chi connectivity index (χ1n) is 7.15. The highest BCUT2D eigenvalue weighted by molar-refractivity contribution is 5.86. The number of halogens is 1. The molecule has 6 nitrogen and oxygen atoms in total. The van der Waals surface area contributed by atoms with Crippen LogP contribution >= 0.6 is 0 Å². The van der Waals surface area contributed by atoms with E-state index in [4.69, 9.17) is 9.47 Å². The lowest BCUT2D eigenvalue weighted by Gasteiger charge is -2.07. The molecule has 1 amide bonds. The Hall–Kier alpha value is -3.09. The van der Waals surface area contributed by atoms with E-state index in [2.05, 4.69) is 15.8 Å². The van der Waals surface area contributed by atoms with Crippen molar-refractivity contribution in [1.82, 2.24) is 5.43 Å². The molecule has 0 aromatic heterocycles. The van der Waals surface area contributed by atoms with Crippen LogP contribution in [0.5, 0.6) is 11.5 Å². The zero-order valence-corrected chi connectivity index (χ0v) is 13.4. The summed E-state index contributed by atoms with van der Waals surface area (Å²) in [6, 6.07) is 11.0. The van der Waals surface area contributed by atoms with Gasteiger partial charge < -0.3 is 14.8 Å². The van der Waals surface area contributed by atoms with Crippen molar-refractivity contribution in [2.45, 2.75) is 0 Å². The van der Waals surface area contributed by atoms with Crippen molar-refractivity contribution in [1.29, 1.82) is 0 Å². The van der Waals surface area contributed by atoms with Crippen LogP contribution in [0.1, 0.15) is 5.56 Å². The normalized spacial score (nSPS) is 10.5. The number of benzene rings is 2. The number of ether oxygens (including phenoxy) is 2. The fourth-order valence-electron chi connectivity index (χ4n) is 1.89. The van der Waals surface area contributed by atoms with Crippen LogP contribution in [0.4, 0.5) is 10.1 Å². The Labute approximate surface area is 139 Å². The van der Waals surface area contributed by atoms with Crippen LogP contribution < -0.4 is 20.2 Å². The Bertz CT molecular complexity index is 718. The maximum absolute atomic E-state index is 12.8. The highest BCUT2D eigenvalue weighted by Crippen LogP contribution is 2.22. The number of nitrogens with zero attached hydrogens (tertiary/aromatic N) is 1. The zero-order chi connectivity index (χ0) is 17.4. The number of carbonyl (C=O) groups excluding carboxylic acids is 1. The molecule has 2 N–H and O–H groups in total. The first-order valence-corrected chi connectivity index (χ1v) is 7.15. The van der Waals surface area contributed by atoms with Gasteiger partial charge in [0.15, 0.2) is 0 Å². The van der Waals surface area contributed by atoms with Gasteiger partial charge in [0.1, 0.15) is 17.3 Å². The van der Waals surface area contributed by atoms with E-state index in [1.165, 1.54) is 25.5 Å². The van der Waals surface area contributed by atoms with E-state index >= 15 is 0 Å². The Morgan fingerprint density at radius 1 is 1.17 bits per heavy atom. The van der Waals surface area contributed by atoms with Crippen LogP contribution in [-0.4, -0.2) is 32.9 Å². The second kappa shape index (κ2) is 8.52. The smallest absolute Gasteiger partial charge is 0.259 e. The van der Waals surface area contributed by atoms with Crippen LogP contribution in [0.3, 0.4) is 0 Å². The van der Waals surface area contributed by atoms with Crippen LogP contribution in [0, 0.1) is 5.82 Å². The molecule has 0 fully saturated rings. The van der Waals surface area contributed by atoms with Crippen LogP contribution in [-0.2, 0) is 4.79 Å². The van der Waals surface area contributed by atoms with Gasteiger partial charge in [0.2, 0.25) is 0 Å². The minimum absolute atomic E-state index is 0.0166. The molecule has 0 atom stereocenters. The van der Waals surface area contributed by atoms with E-state index in [-0.39, 0.29) is 18.3 Å². The molecule has 0 unspecified atom stereocenters. The summed E-state index contributed by atoms with van der Waals surface area (Å²) in [6.07, 6.45) is 1.48. The van der Waals surface area contributed by atoms with E-state index in [0.29, 0.717) is 22.7 Å². The number of hydrogen-bond donors (Lipinski definition) is 2. The summed E-state index contributed by atoms with van der Waals surface area (Å²) in [6.45, 7) is 0.0166. The molecule has 0 bridgehead atoms.